The highest BCUT2D eigenvalue weighted by atomic mass is 32.1. The van der Waals surface area contributed by atoms with E-state index in [9.17, 15) is 5.11 Å². The fourth-order valence-corrected chi connectivity index (χ4v) is 3.11. The van der Waals surface area contributed by atoms with Crippen molar-refractivity contribution in [1.29, 1.82) is 0 Å². The lowest BCUT2D eigenvalue weighted by Crippen LogP contribution is -1.92. The van der Waals surface area contributed by atoms with Crippen molar-refractivity contribution >= 4 is 11.3 Å². The Labute approximate surface area is 83.4 Å². The molecule has 2 heteroatoms. The van der Waals surface area contributed by atoms with Crippen LogP contribution in [0.4, 0.5) is 0 Å². The molecule has 0 amide bonds. The molecule has 0 saturated carbocycles. The van der Waals surface area contributed by atoms with E-state index in [1.165, 1.54) is 34.6 Å². The summed E-state index contributed by atoms with van der Waals surface area (Å²) in [4.78, 5) is 2.67. The third-order valence-electron chi connectivity index (χ3n) is 2.72. The van der Waals surface area contributed by atoms with Gasteiger partial charge in [0, 0.05) is 9.75 Å². The van der Waals surface area contributed by atoms with Crippen LogP contribution in [-0.2, 0) is 12.8 Å². The van der Waals surface area contributed by atoms with Crippen LogP contribution in [0, 0.1) is 0 Å². The molecule has 0 radical (unpaired) electrons. The first kappa shape index (κ1) is 9.22. The van der Waals surface area contributed by atoms with Gasteiger partial charge in [-0.2, -0.15) is 0 Å². The second-order valence-corrected chi connectivity index (χ2v) is 4.89. The molecule has 13 heavy (non-hydrogen) atoms. The van der Waals surface area contributed by atoms with Crippen LogP contribution in [0.1, 0.15) is 47.6 Å². The molecule has 1 aromatic heterocycles. The van der Waals surface area contributed by atoms with E-state index in [1.54, 1.807) is 11.3 Å². The minimum atomic E-state index is -0.178. The molecule has 0 saturated heterocycles. The lowest BCUT2D eigenvalue weighted by Gasteiger charge is -2.05. The summed E-state index contributed by atoms with van der Waals surface area (Å²) in [5.74, 6) is 0. The first-order valence-corrected chi connectivity index (χ1v) is 5.92. The number of aliphatic hydroxyl groups is 1. The average Bonchev–Trinajstić information content (AvgIpc) is 2.48. The van der Waals surface area contributed by atoms with E-state index in [4.69, 9.17) is 0 Å². The third kappa shape index (κ3) is 1.79. The third-order valence-corrected chi connectivity index (χ3v) is 4.14. The lowest BCUT2D eigenvalue weighted by atomic mass is 10.1. The summed E-state index contributed by atoms with van der Waals surface area (Å²) in [6, 6.07) is 2.29. The average molecular weight is 196 g/mol. The maximum atomic E-state index is 9.86. The van der Waals surface area contributed by atoms with Crippen molar-refractivity contribution < 1.29 is 5.11 Å². The molecular weight excluding hydrogens is 180 g/mol. The zero-order chi connectivity index (χ0) is 9.26. The molecule has 1 aliphatic rings. The summed E-state index contributed by atoms with van der Waals surface area (Å²) >= 11 is 1.81. The van der Waals surface area contributed by atoms with Crippen molar-refractivity contribution in [2.75, 3.05) is 0 Å². The van der Waals surface area contributed by atoms with Gasteiger partial charge in [0.2, 0.25) is 0 Å². The molecule has 1 nitrogen and oxygen atoms in total. The van der Waals surface area contributed by atoms with E-state index in [-0.39, 0.29) is 6.10 Å². The molecule has 0 aromatic carbocycles. The number of rotatable bonds is 1. The van der Waals surface area contributed by atoms with E-state index in [2.05, 4.69) is 13.0 Å². The smallest absolute Gasteiger partial charge is 0.0884 e. The van der Waals surface area contributed by atoms with Crippen LogP contribution in [0.3, 0.4) is 0 Å². The minimum Gasteiger partial charge on any atom is -0.388 e. The number of fused-ring (bicyclic) bond motifs is 1. The Balaban J connectivity index is 2.33. The van der Waals surface area contributed by atoms with Crippen LogP contribution in [0.5, 0.6) is 0 Å². The first-order chi connectivity index (χ1) is 6.31. The van der Waals surface area contributed by atoms with Crippen LogP contribution in [0.15, 0.2) is 6.07 Å². The summed E-state index contributed by atoms with van der Waals surface area (Å²) in [6.45, 7) is 2.18. The van der Waals surface area contributed by atoms with Gasteiger partial charge in [0.25, 0.3) is 0 Å². The summed E-state index contributed by atoms with van der Waals surface area (Å²) in [6.07, 6.45) is 5.46. The SMILES string of the molecule is CCc1cc2c(s1)C(O)CCCC2. The monoisotopic (exact) mass is 196 g/mol. The van der Waals surface area contributed by atoms with Crippen molar-refractivity contribution in [3.05, 3.63) is 21.4 Å². The standard InChI is InChI=1S/C11H16OS/c1-2-9-7-8-5-3-4-6-10(12)11(8)13-9/h7,10,12H,2-6H2,1H3. The molecule has 1 aliphatic carbocycles. The van der Waals surface area contributed by atoms with Gasteiger partial charge >= 0.3 is 0 Å². The van der Waals surface area contributed by atoms with Crippen molar-refractivity contribution in [2.24, 2.45) is 0 Å². The van der Waals surface area contributed by atoms with Crippen LogP contribution in [0.2, 0.25) is 0 Å². The normalized spacial score (nSPS) is 22.5. The Morgan fingerprint density at radius 3 is 3.15 bits per heavy atom. The molecule has 1 aromatic rings. The fraction of sp³-hybridized carbons (Fsp3) is 0.636. The lowest BCUT2D eigenvalue weighted by molar-refractivity contribution is 0.170. The molecule has 1 N–H and O–H groups in total. The topological polar surface area (TPSA) is 20.2 Å². The number of thiophene rings is 1. The molecule has 0 aliphatic heterocycles. The molecule has 0 bridgehead atoms. The highest BCUT2D eigenvalue weighted by Gasteiger charge is 2.18. The first-order valence-electron chi connectivity index (χ1n) is 5.10. The van der Waals surface area contributed by atoms with Crippen LogP contribution >= 0.6 is 11.3 Å². The largest absolute Gasteiger partial charge is 0.388 e. The van der Waals surface area contributed by atoms with E-state index in [0.717, 1.165) is 12.8 Å². The fourth-order valence-electron chi connectivity index (χ4n) is 1.94. The zero-order valence-corrected chi connectivity index (χ0v) is 8.86. The predicted octanol–water partition coefficient (Wildman–Crippen LogP) is 3.07. The molecule has 0 fully saturated rings. The second-order valence-electron chi connectivity index (χ2n) is 3.72. The highest BCUT2D eigenvalue weighted by Crippen LogP contribution is 2.35. The summed E-state index contributed by atoms with van der Waals surface area (Å²) in [5.41, 5.74) is 1.41. The maximum absolute atomic E-state index is 9.86. The molecular formula is C11H16OS. The Kier molecular flexibility index (Phi) is 2.70. The maximum Gasteiger partial charge on any atom is 0.0884 e. The summed E-state index contributed by atoms with van der Waals surface area (Å²) in [5, 5.41) is 9.86. The van der Waals surface area contributed by atoms with Gasteiger partial charge in [-0.3, -0.25) is 0 Å². The number of hydrogen-bond donors (Lipinski definition) is 1. The van der Waals surface area contributed by atoms with Gasteiger partial charge in [0.1, 0.15) is 0 Å². The number of hydrogen-bond acceptors (Lipinski definition) is 2. The van der Waals surface area contributed by atoms with Gasteiger partial charge in [-0.25, -0.2) is 0 Å². The van der Waals surface area contributed by atoms with Gasteiger partial charge in [-0.05, 0) is 37.3 Å². The number of aliphatic hydroxyl groups excluding tert-OH is 1. The van der Waals surface area contributed by atoms with E-state index < -0.39 is 0 Å². The summed E-state index contributed by atoms with van der Waals surface area (Å²) < 4.78 is 0. The number of aryl methyl sites for hydroxylation is 2. The predicted molar refractivity (Wildman–Crippen MR) is 56.2 cm³/mol. The minimum absolute atomic E-state index is 0.178. The van der Waals surface area contributed by atoms with Crippen LogP contribution in [-0.4, -0.2) is 5.11 Å². The van der Waals surface area contributed by atoms with Gasteiger partial charge in [-0.1, -0.05) is 13.3 Å². The molecule has 1 unspecified atom stereocenters. The molecule has 1 heterocycles. The van der Waals surface area contributed by atoms with Gasteiger partial charge in [0.05, 0.1) is 6.10 Å². The molecule has 0 spiro atoms. The Hall–Kier alpha value is -0.340. The van der Waals surface area contributed by atoms with Crippen molar-refractivity contribution in [1.82, 2.24) is 0 Å². The van der Waals surface area contributed by atoms with Gasteiger partial charge in [-0.15, -0.1) is 11.3 Å². The quantitative estimate of drug-likeness (QED) is 0.684. The van der Waals surface area contributed by atoms with Crippen molar-refractivity contribution in [3.63, 3.8) is 0 Å². The van der Waals surface area contributed by atoms with Crippen molar-refractivity contribution in [3.8, 4) is 0 Å². The van der Waals surface area contributed by atoms with Crippen molar-refractivity contribution in [2.45, 2.75) is 45.1 Å². The highest BCUT2D eigenvalue weighted by molar-refractivity contribution is 7.12. The van der Waals surface area contributed by atoms with Gasteiger partial charge in [0.15, 0.2) is 0 Å². The van der Waals surface area contributed by atoms with Gasteiger partial charge < -0.3 is 5.11 Å². The Morgan fingerprint density at radius 1 is 1.54 bits per heavy atom. The van der Waals surface area contributed by atoms with Crippen LogP contribution in [0.25, 0.3) is 0 Å². The zero-order valence-electron chi connectivity index (χ0n) is 8.05. The Morgan fingerprint density at radius 2 is 2.38 bits per heavy atom. The van der Waals surface area contributed by atoms with Crippen LogP contribution < -0.4 is 0 Å². The molecule has 1 atom stereocenters. The summed E-state index contributed by atoms with van der Waals surface area (Å²) in [7, 11) is 0. The van der Waals surface area contributed by atoms with E-state index >= 15 is 0 Å². The second kappa shape index (κ2) is 3.81. The van der Waals surface area contributed by atoms with E-state index in [1.807, 2.05) is 0 Å². The molecule has 72 valence electrons. The Bertz CT molecular complexity index is 290. The van der Waals surface area contributed by atoms with E-state index in [0.29, 0.717) is 0 Å². The molecule has 2 rings (SSSR count).